The van der Waals surface area contributed by atoms with Gasteiger partial charge >= 0.3 is 19.3 Å². The maximum absolute atomic E-state index is 13.5. The summed E-state index contributed by atoms with van der Waals surface area (Å²) in [5, 5.41) is 1.12. The molecule has 15 heteroatoms. The molecule has 3 aromatic carbocycles. The first kappa shape index (κ1) is 31.0. The summed E-state index contributed by atoms with van der Waals surface area (Å²) >= 11 is 0. The topological polar surface area (TPSA) is 154 Å². The number of pyridine rings is 1. The van der Waals surface area contributed by atoms with E-state index < -0.39 is 29.4 Å². The number of para-hydroxylation sites is 1. The van der Waals surface area contributed by atoms with Crippen molar-refractivity contribution in [3.05, 3.63) is 76.9 Å². The van der Waals surface area contributed by atoms with Gasteiger partial charge in [0.15, 0.2) is 10.1 Å². The highest BCUT2D eigenvalue weighted by Gasteiger charge is 2.37. The Kier molecular flexibility index (Phi) is 8.63. The van der Waals surface area contributed by atoms with E-state index in [1.165, 1.54) is 12.1 Å². The highest BCUT2D eigenvalue weighted by Crippen LogP contribution is 2.39. The highest BCUT2D eigenvalue weighted by molar-refractivity contribution is 7.86. The number of carbonyl (C=O) groups is 1. The van der Waals surface area contributed by atoms with Crippen molar-refractivity contribution in [3.63, 3.8) is 0 Å². The van der Waals surface area contributed by atoms with Crippen LogP contribution in [0.4, 0.5) is 13.2 Å². The van der Waals surface area contributed by atoms with Crippen LogP contribution in [0.3, 0.4) is 0 Å². The van der Waals surface area contributed by atoms with Crippen LogP contribution in [-0.2, 0) is 21.7 Å². The summed E-state index contributed by atoms with van der Waals surface area (Å²) in [4.78, 5) is 32.0. The largest absolute Gasteiger partial charge is 0.741 e. The predicted octanol–water partition coefficient (Wildman–Crippen LogP) is 4.48. The molecular formula is C25H23F3NO9PS. The first-order chi connectivity index (χ1) is 18.3. The van der Waals surface area contributed by atoms with Gasteiger partial charge in [-0.3, -0.25) is 9.79 Å². The summed E-state index contributed by atoms with van der Waals surface area (Å²) in [6.45, 7) is 5.75. The van der Waals surface area contributed by atoms with Crippen LogP contribution in [0, 0.1) is 20.8 Å². The van der Waals surface area contributed by atoms with E-state index in [1.54, 1.807) is 6.07 Å². The molecule has 0 fully saturated rings. The minimum Gasteiger partial charge on any atom is -0.741 e. The Labute approximate surface area is 226 Å². The SMILES string of the molecule is Cc1cc(C)c(OC(=O)c2c3ccccc3[n+](C)c3ccc(OP(=O)(O)O)cc23)c(C)c1.O=S(=O)([O-])C(F)(F)F. The highest BCUT2D eigenvalue weighted by atomic mass is 32.2. The number of hydrogen-bond acceptors (Lipinski definition) is 7. The summed E-state index contributed by atoms with van der Waals surface area (Å²) in [5.41, 5.74) is -1.09. The average molecular weight is 601 g/mol. The molecule has 0 atom stereocenters. The Morgan fingerprint density at radius 2 is 1.48 bits per heavy atom. The first-order valence-electron chi connectivity index (χ1n) is 11.2. The lowest BCUT2D eigenvalue weighted by atomic mass is 10.0. The second-order valence-corrected chi connectivity index (χ2v) is 11.3. The van der Waals surface area contributed by atoms with Crippen LogP contribution in [0.25, 0.3) is 21.8 Å². The van der Waals surface area contributed by atoms with Crippen molar-refractivity contribution in [1.82, 2.24) is 0 Å². The summed E-state index contributed by atoms with van der Waals surface area (Å²) in [6, 6.07) is 15.9. The number of halogens is 3. The maximum atomic E-state index is 13.5. The lowest BCUT2D eigenvalue weighted by Gasteiger charge is -2.14. The van der Waals surface area contributed by atoms with Crippen molar-refractivity contribution in [2.24, 2.45) is 7.05 Å². The number of fused-ring (bicyclic) bond motifs is 2. The van der Waals surface area contributed by atoms with Crippen LogP contribution in [0.1, 0.15) is 27.0 Å². The number of phosphoric acid groups is 1. The Bertz CT molecular complexity index is 1760. The molecule has 2 N–H and O–H groups in total. The standard InChI is InChI=1S/C24H22NO6P.CHF3O3S/c1-14-11-15(2)23(16(3)12-14)30-24(26)22-18-7-5-6-8-20(18)25(4)21-10-9-17(13-19(21)22)31-32(27,28)29;2-1(3,4)8(5,6)7/h5-13H,1-4H3,(H-,27,28,29);(H,5,6,7). The number of hydrogen-bond donors (Lipinski definition) is 2. The minimum absolute atomic E-state index is 0.0436. The van der Waals surface area contributed by atoms with E-state index in [0.29, 0.717) is 27.6 Å². The quantitative estimate of drug-likeness (QED) is 0.0655. The lowest BCUT2D eigenvalue weighted by Crippen LogP contribution is -2.31. The molecule has 0 saturated carbocycles. The van der Waals surface area contributed by atoms with Crippen molar-refractivity contribution in [3.8, 4) is 11.5 Å². The molecule has 0 spiro atoms. The van der Waals surface area contributed by atoms with Gasteiger partial charge in [-0.25, -0.2) is 17.8 Å². The van der Waals surface area contributed by atoms with Crippen molar-refractivity contribution in [2.75, 3.05) is 0 Å². The second kappa shape index (κ2) is 11.1. The smallest absolute Gasteiger partial charge is 0.524 e. The molecule has 214 valence electrons. The average Bonchev–Trinajstić information content (AvgIpc) is 2.79. The molecule has 0 saturated heterocycles. The second-order valence-electron chi connectivity index (χ2n) is 8.73. The molecular weight excluding hydrogens is 578 g/mol. The molecule has 0 aliphatic heterocycles. The number of aromatic nitrogens is 1. The van der Waals surface area contributed by atoms with Gasteiger partial charge in [0, 0.05) is 12.1 Å². The molecule has 0 unspecified atom stereocenters. The van der Waals surface area contributed by atoms with Crippen LogP contribution in [0.15, 0.2) is 54.6 Å². The fourth-order valence-corrected chi connectivity index (χ4v) is 4.53. The number of aryl methyl sites for hydroxylation is 4. The zero-order valence-electron chi connectivity index (χ0n) is 21.4. The van der Waals surface area contributed by atoms with Crippen LogP contribution in [-0.4, -0.2) is 34.2 Å². The van der Waals surface area contributed by atoms with E-state index >= 15 is 0 Å². The van der Waals surface area contributed by atoms with Crippen molar-refractivity contribution < 1.29 is 59.1 Å². The van der Waals surface area contributed by atoms with Crippen molar-refractivity contribution in [2.45, 2.75) is 26.3 Å². The van der Waals surface area contributed by atoms with E-state index in [0.717, 1.165) is 22.2 Å². The molecule has 4 aromatic rings. The third-order valence-corrected chi connectivity index (χ3v) is 6.66. The summed E-state index contributed by atoms with van der Waals surface area (Å²) in [6.07, 6.45) is 0. The summed E-state index contributed by atoms with van der Waals surface area (Å²) in [7, 11) is -8.99. The van der Waals surface area contributed by atoms with E-state index in [4.69, 9.17) is 22.2 Å². The number of rotatable bonds is 4. The number of ether oxygens (including phenoxy) is 1. The van der Waals surface area contributed by atoms with E-state index in [-0.39, 0.29) is 5.75 Å². The molecule has 0 amide bonds. The van der Waals surface area contributed by atoms with E-state index in [1.807, 2.05) is 68.8 Å². The monoisotopic (exact) mass is 601 g/mol. The van der Waals surface area contributed by atoms with Crippen LogP contribution >= 0.6 is 7.82 Å². The zero-order valence-corrected chi connectivity index (χ0v) is 23.1. The predicted molar refractivity (Wildman–Crippen MR) is 137 cm³/mol. The molecule has 40 heavy (non-hydrogen) atoms. The fraction of sp³-hybridized carbons (Fsp3) is 0.200. The van der Waals surface area contributed by atoms with Gasteiger partial charge < -0.3 is 13.8 Å². The molecule has 0 aliphatic carbocycles. The zero-order chi connectivity index (χ0) is 30.2. The lowest BCUT2D eigenvalue weighted by molar-refractivity contribution is -0.617. The Morgan fingerprint density at radius 3 is 2.00 bits per heavy atom. The Hall–Kier alpha value is -3.55. The third kappa shape index (κ3) is 6.95. The number of benzene rings is 3. The molecule has 10 nitrogen and oxygen atoms in total. The maximum Gasteiger partial charge on any atom is 0.524 e. The van der Waals surface area contributed by atoms with Gasteiger partial charge in [0.2, 0.25) is 11.0 Å². The number of carbonyl (C=O) groups excluding carboxylic acids is 1. The van der Waals surface area contributed by atoms with Crippen LogP contribution < -0.4 is 13.8 Å². The van der Waals surface area contributed by atoms with Crippen molar-refractivity contribution >= 4 is 45.7 Å². The van der Waals surface area contributed by atoms with Gasteiger partial charge in [0.25, 0.3) is 0 Å². The normalized spacial score (nSPS) is 12.2. The molecule has 1 heterocycles. The molecule has 1 aromatic heterocycles. The van der Waals surface area contributed by atoms with E-state index in [2.05, 4.69) is 0 Å². The molecule has 0 radical (unpaired) electrons. The van der Waals surface area contributed by atoms with Gasteiger partial charge in [-0.1, -0.05) is 29.8 Å². The first-order valence-corrected chi connectivity index (χ1v) is 14.2. The van der Waals surface area contributed by atoms with E-state index in [9.17, 15) is 32.3 Å². The van der Waals surface area contributed by atoms with Crippen LogP contribution in [0.5, 0.6) is 11.5 Å². The number of nitrogens with zero attached hydrogens (tertiary/aromatic N) is 1. The summed E-state index contributed by atoms with van der Waals surface area (Å²) in [5.74, 6) is -0.110. The number of alkyl halides is 3. The van der Waals surface area contributed by atoms with Gasteiger partial charge in [0.1, 0.15) is 18.5 Å². The minimum atomic E-state index is -6.09. The fourth-order valence-electron chi connectivity index (χ4n) is 4.15. The van der Waals surface area contributed by atoms with Gasteiger partial charge in [-0.05, 0) is 50.1 Å². The number of esters is 1. The number of phosphoric ester groups is 1. The third-order valence-electron chi connectivity index (χ3n) is 5.64. The Morgan fingerprint density at radius 1 is 0.950 bits per heavy atom. The summed E-state index contributed by atoms with van der Waals surface area (Å²) < 4.78 is 82.8. The molecule has 4 rings (SSSR count). The molecule has 0 aliphatic rings. The van der Waals surface area contributed by atoms with Crippen LogP contribution in [0.2, 0.25) is 0 Å². The van der Waals surface area contributed by atoms with Gasteiger partial charge in [-0.15, -0.1) is 0 Å². The Balaban J connectivity index is 0.000000482. The molecule has 0 bridgehead atoms. The van der Waals surface area contributed by atoms with Crippen molar-refractivity contribution in [1.29, 1.82) is 0 Å². The van der Waals surface area contributed by atoms with Gasteiger partial charge in [-0.2, -0.15) is 17.7 Å². The van der Waals surface area contributed by atoms with Gasteiger partial charge in [0.05, 0.1) is 16.3 Å².